The van der Waals surface area contributed by atoms with E-state index >= 15 is 0 Å². The Morgan fingerprint density at radius 2 is 0.778 bits per heavy atom. The number of aryl methyl sites for hydroxylation is 1. The van der Waals surface area contributed by atoms with Crippen LogP contribution in [0.2, 0.25) is 0 Å². The van der Waals surface area contributed by atoms with Crippen molar-refractivity contribution in [2.45, 2.75) is 59.3 Å². The summed E-state index contributed by atoms with van der Waals surface area (Å²) >= 11 is 0. The molecule has 9 rings (SSSR count). The lowest BCUT2D eigenvalue weighted by molar-refractivity contribution is 0.590. The highest BCUT2D eigenvalue weighted by Gasteiger charge is 2.44. The van der Waals surface area contributed by atoms with Crippen molar-refractivity contribution in [3.05, 3.63) is 174 Å². The number of para-hydroxylation sites is 2. The fraction of sp³-hybridized carbons (Fsp3) is 0.176. The highest BCUT2D eigenvalue weighted by molar-refractivity contribution is 7.00. The van der Waals surface area contributed by atoms with Crippen molar-refractivity contribution >= 4 is 57.2 Å². The summed E-state index contributed by atoms with van der Waals surface area (Å²) in [6.07, 6.45) is 0. The molecule has 0 bridgehead atoms. The molecule has 0 N–H and O–H groups in total. The van der Waals surface area contributed by atoms with Crippen LogP contribution >= 0.6 is 0 Å². The average Bonchev–Trinajstić information content (AvgIpc) is 3.17. The third-order valence-corrected chi connectivity index (χ3v) is 11.4. The van der Waals surface area contributed by atoms with Crippen molar-refractivity contribution in [3.8, 4) is 22.3 Å². The molecule has 0 radical (unpaired) electrons. The predicted octanol–water partition coefficient (Wildman–Crippen LogP) is 12.0. The second-order valence-corrected chi connectivity index (χ2v) is 17.1. The summed E-state index contributed by atoms with van der Waals surface area (Å²) in [6.45, 7) is 16.3. The van der Waals surface area contributed by atoms with Gasteiger partial charge in [-0.05, 0) is 98.4 Å². The Bertz CT molecular complexity index is 2370. The van der Waals surface area contributed by atoms with Crippen molar-refractivity contribution in [2.75, 3.05) is 9.80 Å². The molecular weight excluding hydrogens is 651 g/mol. The van der Waals surface area contributed by atoms with Gasteiger partial charge in [0.2, 0.25) is 0 Å². The Morgan fingerprint density at radius 1 is 0.389 bits per heavy atom. The van der Waals surface area contributed by atoms with Gasteiger partial charge < -0.3 is 9.80 Å². The molecule has 7 aromatic rings. The minimum atomic E-state index is -0.0103. The lowest BCUT2D eigenvalue weighted by Crippen LogP contribution is -2.61. The van der Waals surface area contributed by atoms with E-state index in [4.69, 9.17) is 0 Å². The van der Waals surface area contributed by atoms with Gasteiger partial charge >= 0.3 is 0 Å². The monoisotopic (exact) mass is 698 g/mol. The third-order valence-electron chi connectivity index (χ3n) is 11.4. The van der Waals surface area contributed by atoms with Gasteiger partial charge in [0.1, 0.15) is 0 Å². The highest BCUT2D eigenvalue weighted by Crippen LogP contribution is 2.48. The van der Waals surface area contributed by atoms with Crippen LogP contribution in [0.1, 0.15) is 58.2 Å². The van der Waals surface area contributed by atoms with Crippen molar-refractivity contribution in [1.29, 1.82) is 0 Å². The maximum absolute atomic E-state index is 2.56. The zero-order chi connectivity index (χ0) is 37.4. The number of benzene rings is 7. The van der Waals surface area contributed by atoms with Crippen LogP contribution < -0.4 is 26.2 Å². The topological polar surface area (TPSA) is 6.48 Å². The smallest absolute Gasteiger partial charge is 0.252 e. The molecule has 0 spiro atoms. The van der Waals surface area contributed by atoms with E-state index < -0.39 is 0 Å². The van der Waals surface area contributed by atoms with Crippen LogP contribution in [0.3, 0.4) is 0 Å². The maximum atomic E-state index is 2.56. The molecule has 0 unspecified atom stereocenters. The molecular formula is C51H47BN2. The molecule has 0 amide bonds. The van der Waals surface area contributed by atoms with Crippen LogP contribution in [-0.4, -0.2) is 6.71 Å². The summed E-state index contributed by atoms with van der Waals surface area (Å²) in [5.41, 5.74) is 20.2. The van der Waals surface area contributed by atoms with Crippen LogP contribution in [0.15, 0.2) is 158 Å². The van der Waals surface area contributed by atoms with Crippen molar-refractivity contribution in [3.63, 3.8) is 0 Å². The first kappa shape index (κ1) is 34.0. The van der Waals surface area contributed by atoms with Gasteiger partial charge in [0.25, 0.3) is 6.71 Å². The summed E-state index contributed by atoms with van der Waals surface area (Å²) in [4.78, 5) is 5.12. The van der Waals surface area contributed by atoms with Gasteiger partial charge in [-0.25, -0.2) is 0 Å². The van der Waals surface area contributed by atoms with E-state index in [-0.39, 0.29) is 17.5 Å². The number of rotatable bonds is 4. The molecule has 3 heteroatoms. The summed E-state index contributed by atoms with van der Waals surface area (Å²) < 4.78 is 0. The Hall–Kier alpha value is -5.80. The zero-order valence-electron chi connectivity index (χ0n) is 32.5. The molecule has 0 fully saturated rings. The number of hydrogen-bond donors (Lipinski definition) is 0. The summed E-state index contributed by atoms with van der Waals surface area (Å²) in [7, 11) is 0. The zero-order valence-corrected chi connectivity index (χ0v) is 32.5. The van der Waals surface area contributed by atoms with Gasteiger partial charge in [0.05, 0.1) is 11.4 Å². The standard InChI is InChI=1S/C51H47BN2/c1-34-30-47-49-48(31-34)54(44-25-17-15-23-40(44)36-20-12-9-13-21-36)46-29-27-38(51(5,6)7)33-42(46)52(49)41-32-37(50(2,3)4)26-28-45(41)53(47)43-24-16-14-22-39(43)35-18-10-8-11-19-35/h8-33H,1-7H3. The van der Waals surface area contributed by atoms with Gasteiger partial charge in [-0.3, -0.25) is 0 Å². The molecule has 264 valence electrons. The third kappa shape index (κ3) is 5.57. The molecule has 2 aliphatic heterocycles. The van der Waals surface area contributed by atoms with Crippen molar-refractivity contribution in [1.82, 2.24) is 0 Å². The highest BCUT2D eigenvalue weighted by atomic mass is 15.2. The first-order valence-corrected chi connectivity index (χ1v) is 19.3. The van der Waals surface area contributed by atoms with Crippen molar-refractivity contribution < 1.29 is 0 Å². The van der Waals surface area contributed by atoms with Gasteiger partial charge in [0, 0.05) is 33.9 Å². The summed E-state index contributed by atoms with van der Waals surface area (Å²) in [6, 6.07) is 58.9. The van der Waals surface area contributed by atoms with Gasteiger partial charge in [0.15, 0.2) is 0 Å². The van der Waals surface area contributed by atoms with E-state index in [1.165, 1.54) is 89.5 Å². The fourth-order valence-electron chi connectivity index (χ4n) is 8.66. The Labute approximate surface area is 321 Å². The van der Waals surface area contributed by atoms with E-state index in [0.29, 0.717) is 0 Å². The SMILES string of the molecule is Cc1cc2c3c(c1)N(c1ccccc1-c1ccccc1)c1ccc(C(C)(C)C)cc1B3c1cc(C(C)(C)C)ccc1N2c1ccccc1-c1ccccc1. The number of hydrogen-bond acceptors (Lipinski definition) is 2. The Balaban J connectivity index is 1.41. The van der Waals surface area contributed by atoms with E-state index in [1.54, 1.807) is 0 Å². The Kier molecular flexibility index (Phi) is 7.97. The van der Waals surface area contributed by atoms with Gasteiger partial charge in [-0.15, -0.1) is 0 Å². The lowest BCUT2D eigenvalue weighted by atomic mass is 9.33. The van der Waals surface area contributed by atoms with Gasteiger partial charge in [-0.1, -0.05) is 163 Å². The molecule has 7 aromatic carbocycles. The molecule has 2 nitrogen and oxygen atoms in total. The molecule has 0 saturated heterocycles. The van der Waals surface area contributed by atoms with E-state index in [9.17, 15) is 0 Å². The van der Waals surface area contributed by atoms with Crippen LogP contribution in [0.5, 0.6) is 0 Å². The maximum Gasteiger partial charge on any atom is 0.252 e. The molecule has 2 heterocycles. The molecule has 2 aliphatic rings. The minimum absolute atomic E-state index is 0.0103. The number of nitrogens with zero attached hydrogens (tertiary/aromatic N) is 2. The normalized spacial score (nSPS) is 13.4. The van der Waals surface area contributed by atoms with Crippen molar-refractivity contribution in [2.24, 2.45) is 0 Å². The van der Waals surface area contributed by atoms with E-state index in [1.807, 2.05) is 0 Å². The molecule has 0 aromatic heterocycles. The number of anilines is 6. The van der Waals surface area contributed by atoms with E-state index in [0.717, 1.165) is 0 Å². The minimum Gasteiger partial charge on any atom is -0.311 e. The largest absolute Gasteiger partial charge is 0.311 e. The van der Waals surface area contributed by atoms with E-state index in [2.05, 4.69) is 216 Å². The van der Waals surface area contributed by atoms with Crippen LogP contribution in [0.25, 0.3) is 22.3 Å². The summed E-state index contributed by atoms with van der Waals surface area (Å²) in [5.74, 6) is 0. The first-order chi connectivity index (χ1) is 26.0. The van der Waals surface area contributed by atoms with Crippen LogP contribution in [-0.2, 0) is 10.8 Å². The first-order valence-electron chi connectivity index (χ1n) is 19.3. The molecule has 0 saturated carbocycles. The quantitative estimate of drug-likeness (QED) is 0.169. The molecule has 0 aliphatic carbocycles. The summed E-state index contributed by atoms with van der Waals surface area (Å²) in [5, 5.41) is 0. The molecule has 54 heavy (non-hydrogen) atoms. The molecule has 0 atom stereocenters. The average molecular weight is 699 g/mol. The second kappa shape index (κ2) is 12.7. The lowest BCUT2D eigenvalue weighted by Gasteiger charge is -2.45. The second-order valence-electron chi connectivity index (χ2n) is 17.1. The van der Waals surface area contributed by atoms with Gasteiger partial charge in [-0.2, -0.15) is 0 Å². The fourth-order valence-corrected chi connectivity index (χ4v) is 8.66. The predicted molar refractivity (Wildman–Crippen MR) is 233 cm³/mol. The van der Waals surface area contributed by atoms with Crippen LogP contribution in [0.4, 0.5) is 34.1 Å². The Morgan fingerprint density at radius 3 is 1.19 bits per heavy atom. The van der Waals surface area contributed by atoms with Crippen LogP contribution in [0, 0.1) is 6.92 Å². The number of fused-ring (bicyclic) bond motifs is 4.